The third-order valence-electron chi connectivity index (χ3n) is 2.86. The highest BCUT2D eigenvalue weighted by Gasteiger charge is 2.34. The van der Waals surface area contributed by atoms with Crippen LogP contribution in [0.25, 0.3) is 0 Å². The van der Waals surface area contributed by atoms with Crippen LogP contribution in [0.5, 0.6) is 0 Å². The average Bonchev–Trinajstić information content (AvgIpc) is 2.23. The third-order valence-corrected chi connectivity index (χ3v) is 3.32. The standard InChI is InChI=1S/C13H17BrF3NO/c1-12(2,3)11(19)10(18)7-4-8(13(15,16)17)6-9(14)5-7/h4-6,10-11,19H,18H2,1-3H3/t10-,11-/m0/s1. The first kappa shape index (κ1) is 16.5. The van der Waals surface area contributed by atoms with Gasteiger partial charge < -0.3 is 10.8 Å². The summed E-state index contributed by atoms with van der Waals surface area (Å²) in [5, 5.41) is 10.1. The smallest absolute Gasteiger partial charge is 0.391 e. The van der Waals surface area contributed by atoms with Crippen LogP contribution in [0.3, 0.4) is 0 Å². The molecule has 0 unspecified atom stereocenters. The van der Waals surface area contributed by atoms with Gasteiger partial charge in [0.25, 0.3) is 0 Å². The zero-order chi connectivity index (χ0) is 15.0. The SMILES string of the molecule is CC(C)(C)[C@@H](O)[C@@H](N)c1cc(Br)cc(C(F)(F)F)c1. The molecule has 0 heterocycles. The monoisotopic (exact) mass is 339 g/mol. The van der Waals surface area contributed by atoms with Crippen molar-refractivity contribution in [2.24, 2.45) is 11.1 Å². The summed E-state index contributed by atoms with van der Waals surface area (Å²) < 4.78 is 38.5. The van der Waals surface area contributed by atoms with E-state index in [2.05, 4.69) is 15.9 Å². The van der Waals surface area contributed by atoms with E-state index in [1.54, 1.807) is 20.8 Å². The van der Waals surface area contributed by atoms with Crippen molar-refractivity contribution in [3.05, 3.63) is 33.8 Å². The van der Waals surface area contributed by atoms with Crippen LogP contribution in [-0.4, -0.2) is 11.2 Å². The first-order valence-electron chi connectivity index (χ1n) is 5.74. The molecule has 2 nitrogen and oxygen atoms in total. The van der Waals surface area contributed by atoms with Gasteiger partial charge in [0.15, 0.2) is 0 Å². The molecule has 0 aliphatic rings. The molecule has 6 heteroatoms. The second-order valence-corrected chi connectivity index (χ2v) is 6.52. The largest absolute Gasteiger partial charge is 0.416 e. The van der Waals surface area contributed by atoms with Crippen molar-refractivity contribution in [2.75, 3.05) is 0 Å². The maximum Gasteiger partial charge on any atom is 0.416 e. The molecule has 1 rings (SSSR count). The van der Waals surface area contributed by atoms with E-state index in [0.29, 0.717) is 0 Å². The summed E-state index contributed by atoms with van der Waals surface area (Å²) in [6.07, 6.45) is -5.38. The first-order chi connectivity index (χ1) is 8.43. The van der Waals surface area contributed by atoms with Gasteiger partial charge in [-0.2, -0.15) is 13.2 Å². The predicted octanol–water partition coefficient (Wildman–Crippen LogP) is 3.87. The molecule has 3 N–H and O–H groups in total. The van der Waals surface area contributed by atoms with Gasteiger partial charge in [-0.15, -0.1) is 0 Å². The van der Waals surface area contributed by atoms with Crippen molar-refractivity contribution in [1.29, 1.82) is 0 Å². The molecule has 19 heavy (non-hydrogen) atoms. The Kier molecular flexibility index (Phi) is 4.70. The summed E-state index contributed by atoms with van der Waals surface area (Å²) in [4.78, 5) is 0. The second-order valence-electron chi connectivity index (χ2n) is 5.61. The van der Waals surface area contributed by atoms with Crippen molar-refractivity contribution in [3.8, 4) is 0 Å². The average molecular weight is 340 g/mol. The lowest BCUT2D eigenvalue weighted by Gasteiger charge is -2.31. The molecule has 0 aliphatic carbocycles. The van der Waals surface area contributed by atoms with Crippen molar-refractivity contribution >= 4 is 15.9 Å². The van der Waals surface area contributed by atoms with Crippen LogP contribution in [0.2, 0.25) is 0 Å². The predicted molar refractivity (Wildman–Crippen MR) is 71.5 cm³/mol. The Labute approximate surface area is 118 Å². The summed E-state index contributed by atoms with van der Waals surface area (Å²) in [6, 6.07) is 2.58. The van der Waals surface area contributed by atoms with Gasteiger partial charge in [0, 0.05) is 4.47 Å². The van der Waals surface area contributed by atoms with Gasteiger partial charge in [0.1, 0.15) is 0 Å². The summed E-state index contributed by atoms with van der Waals surface area (Å²) in [7, 11) is 0. The molecule has 0 saturated carbocycles. The molecule has 0 spiro atoms. The Balaban J connectivity index is 3.18. The number of hydrogen-bond donors (Lipinski definition) is 2. The minimum atomic E-state index is -4.44. The fraction of sp³-hybridized carbons (Fsp3) is 0.538. The molecule has 1 aromatic rings. The number of benzene rings is 1. The van der Waals surface area contributed by atoms with Gasteiger partial charge >= 0.3 is 6.18 Å². The molecule has 0 aromatic heterocycles. The number of nitrogens with two attached hydrogens (primary N) is 1. The number of aliphatic hydroxyl groups is 1. The van der Waals surface area contributed by atoms with E-state index < -0.39 is 29.3 Å². The van der Waals surface area contributed by atoms with Gasteiger partial charge in [-0.1, -0.05) is 36.7 Å². The Hall–Kier alpha value is -0.590. The van der Waals surface area contributed by atoms with Gasteiger partial charge in [0.05, 0.1) is 17.7 Å². The highest BCUT2D eigenvalue weighted by molar-refractivity contribution is 9.10. The van der Waals surface area contributed by atoms with E-state index in [4.69, 9.17) is 5.73 Å². The van der Waals surface area contributed by atoms with E-state index in [0.717, 1.165) is 12.1 Å². The molecule has 0 bridgehead atoms. The lowest BCUT2D eigenvalue weighted by Crippen LogP contribution is -2.37. The highest BCUT2D eigenvalue weighted by atomic mass is 79.9. The molecule has 108 valence electrons. The zero-order valence-corrected chi connectivity index (χ0v) is 12.5. The Morgan fingerprint density at radius 1 is 1.16 bits per heavy atom. The molecule has 0 amide bonds. The van der Waals surface area contributed by atoms with E-state index >= 15 is 0 Å². The number of aliphatic hydroxyl groups excluding tert-OH is 1. The minimum Gasteiger partial charge on any atom is -0.391 e. The zero-order valence-electron chi connectivity index (χ0n) is 10.9. The number of alkyl halides is 3. The van der Waals surface area contributed by atoms with Crippen molar-refractivity contribution < 1.29 is 18.3 Å². The lowest BCUT2D eigenvalue weighted by molar-refractivity contribution is -0.137. The van der Waals surface area contributed by atoms with Crippen LogP contribution >= 0.6 is 15.9 Å². The van der Waals surface area contributed by atoms with Crippen LogP contribution in [0.4, 0.5) is 13.2 Å². The summed E-state index contributed by atoms with van der Waals surface area (Å²) in [6.45, 7) is 5.33. The molecule has 0 fully saturated rings. The van der Waals surface area contributed by atoms with E-state index in [1.165, 1.54) is 6.07 Å². The summed E-state index contributed by atoms with van der Waals surface area (Å²) >= 11 is 3.04. The van der Waals surface area contributed by atoms with E-state index in [9.17, 15) is 18.3 Å². The van der Waals surface area contributed by atoms with Crippen molar-refractivity contribution in [1.82, 2.24) is 0 Å². The van der Waals surface area contributed by atoms with Gasteiger partial charge in [-0.05, 0) is 29.2 Å². The fourth-order valence-electron chi connectivity index (χ4n) is 1.69. The first-order valence-corrected chi connectivity index (χ1v) is 6.53. The number of hydrogen-bond acceptors (Lipinski definition) is 2. The Morgan fingerprint density at radius 3 is 2.11 bits per heavy atom. The van der Waals surface area contributed by atoms with Crippen LogP contribution < -0.4 is 5.73 Å². The topological polar surface area (TPSA) is 46.2 Å². The second kappa shape index (κ2) is 5.42. The van der Waals surface area contributed by atoms with Gasteiger partial charge in [-0.25, -0.2) is 0 Å². The maximum atomic E-state index is 12.7. The summed E-state index contributed by atoms with van der Waals surface area (Å²) in [5.74, 6) is 0. The Bertz CT molecular complexity index is 454. The van der Waals surface area contributed by atoms with E-state index in [-0.39, 0.29) is 10.0 Å². The molecule has 2 atom stereocenters. The van der Waals surface area contributed by atoms with E-state index in [1.807, 2.05) is 0 Å². The molecule has 0 aliphatic heterocycles. The van der Waals surface area contributed by atoms with Crippen LogP contribution in [0, 0.1) is 5.41 Å². The Morgan fingerprint density at radius 2 is 1.68 bits per heavy atom. The molecule has 0 saturated heterocycles. The van der Waals surface area contributed by atoms with Crippen LogP contribution in [0.15, 0.2) is 22.7 Å². The number of halogens is 4. The summed E-state index contributed by atoms with van der Waals surface area (Å²) in [5.41, 5.74) is 4.82. The molecular formula is C13H17BrF3NO. The normalized spacial score (nSPS) is 16.3. The van der Waals surface area contributed by atoms with Gasteiger partial charge in [0.2, 0.25) is 0 Å². The van der Waals surface area contributed by atoms with Gasteiger partial charge in [-0.3, -0.25) is 0 Å². The molecular weight excluding hydrogens is 323 g/mol. The van der Waals surface area contributed by atoms with Crippen molar-refractivity contribution in [2.45, 2.75) is 39.1 Å². The number of rotatable bonds is 2. The lowest BCUT2D eigenvalue weighted by atomic mass is 9.82. The highest BCUT2D eigenvalue weighted by Crippen LogP contribution is 2.35. The molecule has 0 radical (unpaired) electrons. The minimum absolute atomic E-state index is 0.254. The van der Waals surface area contributed by atoms with Crippen molar-refractivity contribution in [3.63, 3.8) is 0 Å². The fourth-order valence-corrected chi connectivity index (χ4v) is 2.20. The maximum absolute atomic E-state index is 12.7. The quantitative estimate of drug-likeness (QED) is 0.858. The molecule has 1 aromatic carbocycles. The van der Waals surface area contributed by atoms with Crippen LogP contribution in [-0.2, 0) is 6.18 Å². The third kappa shape index (κ3) is 4.19. The van der Waals surface area contributed by atoms with Crippen LogP contribution in [0.1, 0.15) is 37.9 Å².